The van der Waals surface area contributed by atoms with Gasteiger partial charge in [0, 0.05) is 12.8 Å². The number of carbonyl (C=O) groups excluding carboxylic acids is 1. The highest BCUT2D eigenvalue weighted by Gasteiger charge is 2.26. The lowest BCUT2D eigenvalue weighted by Crippen LogP contribution is -2.15. The zero-order valence-electron chi connectivity index (χ0n) is 17.9. The van der Waals surface area contributed by atoms with Gasteiger partial charge in [-0.1, -0.05) is 97.3 Å². The lowest BCUT2D eigenvalue weighted by molar-refractivity contribution is -0.121. The molecule has 0 radical (unpaired) electrons. The van der Waals surface area contributed by atoms with Crippen molar-refractivity contribution >= 4 is 5.78 Å². The third-order valence-electron chi connectivity index (χ3n) is 5.84. The first kappa shape index (κ1) is 23.7. The Morgan fingerprint density at radius 2 is 1.19 bits per heavy atom. The second-order valence-corrected chi connectivity index (χ2v) is 8.48. The molecule has 0 N–H and O–H groups in total. The van der Waals surface area contributed by atoms with Gasteiger partial charge in [-0.25, -0.2) is 0 Å². The molecule has 1 heterocycles. The third kappa shape index (κ3) is 12.9. The summed E-state index contributed by atoms with van der Waals surface area (Å²) in [4.78, 5) is 12.1. The van der Waals surface area contributed by atoms with E-state index in [0.29, 0.717) is 18.3 Å². The van der Waals surface area contributed by atoms with Crippen LogP contribution in [0.3, 0.4) is 0 Å². The smallest absolute Gasteiger partial charge is 0.135 e. The number of carbonyl (C=O) groups is 1. The molecule has 2 nitrogen and oxygen atoms in total. The van der Waals surface area contributed by atoms with Gasteiger partial charge in [0.25, 0.3) is 0 Å². The van der Waals surface area contributed by atoms with E-state index in [4.69, 9.17) is 4.74 Å². The Bertz CT molecular complexity index is 326. The minimum Gasteiger partial charge on any atom is -0.375 e. The van der Waals surface area contributed by atoms with Crippen LogP contribution in [0.5, 0.6) is 0 Å². The van der Waals surface area contributed by atoms with Crippen molar-refractivity contribution in [3.8, 4) is 0 Å². The Kier molecular flexibility index (Phi) is 15.3. The van der Waals surface area contributed by atoms with Crippen LogP contribution in [0.2, 0.25) is 0 Å². The molecule has 0 spiro atoms. The maximum absolute atomic E-state index is 12.1. The quantitative estimate of drug-likeness (QED) is 0.231. The molecule has 0 aromatic carbocycles. The standard InChI is InChI=1S/C24H46O2/c1-3-5-7-8-9-10-11-12-13-14-15-16-17-22(25)21-24-20-19-23(26-24)18-6-4-2/h23-24H,3-21H2,1-2H3/t23-,24-/m1/s1. The molecule has 0 unspecified atom stereocenters. The Balaban J connectivity index is 1.84. The van der Waals surface area contributed by atoms with Crippen molar-refractivity contribution in [3.05, 3.63) is 0 Å². The summed E-state index contributed by atoms with van der Waals surface area (Å²) in [5, 5.41) is 0. The molecule has 0 saturated carbocycles. The van der Waals surface area contributed by atoms with E-state index in [2.05, 4.69) is 13.8 Å². The average Bonchev–Trinajstić information content (AvgIpc) is 3.08. The maximum atomic E-state index is 12.1. The molecule has 2 heteroatoms. The highest BCUT2D eigenvalue weighted by molar-refractivity contribution is 5.78. The number of ether oxygens (including phenoxy) is 1. The van der Waals surface area contributed by atoms with Gasteiger partial charge in [-0.15, -0.1) is 0 Å². The van der Waals surface area contributed by atoms with Crippen LogP contribution >= 0.6 is 0 Å². The summed E-state index contributed by atoms with van der Waals surface area (Å²) in [7, 11) is 0. The Hall–Kier alpha value is -0.370. The number of hydrogen-bond acceptors (Lipinski definition) is 2. The number of ketones is 1. The van der Waals surface area contributed by atoms with E-state index in [0.717, 1.165) is 25.7 Å². The Morgan fingerprint density at radius 1 is 0.692 bits per heavy atom. The summed E-state index contributed by atoms with van der Waals surface area (Å²) in [5.74, 6) is 0.429. The molecule has 1 saturated heterocycles. The van der Waals surface area contributed by atoms with Gasteiger partial charge in [0.2, 0.25) is 0 Å². The molecule has 1 rings (SSSR count). The molecule has 1 fully saturated rings. The second-order valence-electron chi connectivity index (χ2n) is 8.48. The number of hydrogen-bond donors (Lipinski definition) is 0. The largest absolute Gasteiger partial charge is 0.375 e. The first-order chi connectivity index (χ1) is 12.8. The van der Waals surface area contributed by atoms with Gasteiger partial charge in [0.15, 0.2) is 0 Å². The van der Waals surface area contributed by atoms with Gasteiger partial charge >= 0.3 is 0 Å². The van der Waals surface area contributed by atoms with Gasteiger partial charge in [-0.2, -0.15) is 0 Å². The number of Topliss-reactive ketones (excluding diaryl/α,β-unsaturated/α-hetero) is 1. The fraction of sp³-hybridized carbons (Fsp3) is 0.958. The Labute approximate surface area is 163 Å². The predicted octanol–water partition coefficient (Wildman–Crippen LogP) is 7.77. The summed E-state index contributed by atoms with van der Waals surface area (Å²) >= 11 is 0. The lowest BCUT2D eigenvalue weighted by Gasteiger charge is -2.12. The average molecular weight is 367 g/mol. The predicted molar refractivity (Wildman–Crippen MR) is 113 cm³/mol. The fourth-order valence-electron chi connectivity index (χ4n) is 4.09. The van der Waals surface area contributed by atoms with E-state index < -0.39 is 0 Å². The SMILES string of the molecule is CCCCCCCCCCCCCCC(=O)C[C@H]1CC[C@@H](CCCC)O1. The van der Waals surface area contributed by atoms with Gasteiger partial charge in [0.1, 0.15) is 5.78 Å². The summed E-state index contributed by atoms with van der Waals surface area (Å²) < 4.78 is 6.03. The molecule has 0 aromatic heterocycles. The molecular formula is C24H46O2. The molecule has 0 aromatic rings. The molecule has 154 valence electrons. The molecular weight excluding hydrogens is 320 g/mol. The van der Waals surface area contributed by atoms with Crippen molar-refractivity contribution in [2.45, 2.75) is 148 Å². The molecule has 26 heavy (non-hydrogen) atoms. The normalized spacial score (nSPS) is 19.9. The van der Waals surface area contributed by atoms with Gasteiger partial charge in [-0.05, 0) is 25.7 Å². The van der Waals surface area contributed by atoms with Crippen LogP contribution in [-0.4, -0.2) is 18.0 Å². The summed E-state index contributed by atoms with van der Waals surface area (Å²) in [6.45, 7) is 4.50. The molecule has 1 aliphatic rings. The molecule has 0 aliphatic carbocycles. The van der Waals surface area contributed by atoms with Gasteiger partial charge < -0.3 is 4.74 Å². The van der Waals surface area contributed by atoms with E-state index in [1.54, 1.807) is 0 Å². The van der Waals surface area contributed by atoms with Crippen LogP contribution in [0.4, 0.5) is 0 Å². The highest BCUT2D eigenvalue weighted by atomic mass is 16.5. The maximum Gasteiger partial charge on any atom is 0.135 e. The third-order valence-corrected chi connectivity index (χ3v) is 5.84. The van der Waals surface area contributed by atoms with Crippen LogP contribution < -0.4 is 0 Å². The minimum atomic E-state index is 0.224. The van der Waals surface area contributed by atoms with Crippen LogP contribution in [0, 0.1) is 0 Å². The summed E-state index contributed by atoms with van der Waals surface area (Å²) in [6, 6.07) is 0. The van der Waals surface area contributed by atoms with E-state index in [9.17, 15) is 4.79 Å². The number of rotatable bonds is 18. The van der Waals surface area contributed by atoms with Crippen LogP contribution in [0.1, 0.15) is 136 Å². The minimum absolute atomic E-state index is 0.224. The topological polar surface area (TPSA) is 26.3 Å². The molecule has 1 aliphatic heterocycles. The van der Waals surface area contributed by atoms with Gasteiger partial charge in [0.05, 0.1) is 12.2 Å². The molecule has 2 atom stereocenters. The zero-order valence-corrected chi connectivity index (χ0v) is 17.9. The van der Waals surface area contributed by atoms with Crippen molar-refractivity contribution in [2.24, 2.45) is 0 Å². The van der Waals surface area contributed by atoms with Crippen molar-refractivity contribution in [1.29, 1.82) is 0 Å². The first-order valence-corrected chi connectivity index (χ1v) is 11.9. The monoisotopic (exact) mass is 366 g/mol. The summed E-state index contributed by atoms with van der Waals surface area (Å²) in [5.41, 5.74) is 0. The first-order valence-electron chi connectivity index (χ1n) is 11.9. The van der Waals surface area contributed by atoms with E-state index >= 15 is 0 Å². The van der Waals surface area contributed by atoms with Crippen molar-refractivity contribution in [1.82, 2.24) is 0 Å². The van der Waals surface area contributed by atoms with E-state index in [-0.39, 0.29) is 6.10 Å². The molecule has 0 amide bonds. The van der Waals surface area contributed by atoms with Crippen LogP contribution in [0.15, 0.2) is 0 Å². The fourth-order valence-corrected chi connectivity index (χ4v) is 4.09. The van der Waals surface area contributed by atoms with E-state index in [1.807, 2.05) is 0 Å². The van der Waals surface area contributed by atoms with E-state index in [1.165, 1.54) is 89.9 Å². The van der Waals surface area contributed by atoms with Gasteiger partial charge in [-0.3, -0.25) is 4.79 Å². The highest BCUT2D eigenvalue weighted by Crippen LogP contribution is 2.26. The van der Waals surface area contributed by atoms with Crippen molar-refractivity contribution < 1.29 is 9.53 Å². The molecule has 0 bridgehead atoms. The van der Waals surface area contributed by atoms with Crippen molar-refractivity contribution in [3.63, 3.8) is 0 Å². The zero-order chi connectivity index (χ0) is 18.9. The Morgan fingerprint density at radius 3 is 1.77 bits per heavy atom. The second kappa shape index (κ2) is 16.8. The number of unbranched alkanes of at least 4 members (excludes halogenated alkanes) is 12. The van der Waals surface area contributed by atoms with Crippen LogP contribution in [-0.2, 0) is 9.53 Å². The van der Waals surface area contributed by atoms with Crippen LogP contribution in [0.25, 0.3) is 0 Å². The lowest BCUT2D eigenvalue weighted by atomic mass is 10.0. The van der Waals surface area contributed by atoms with Crippen molar-refractivity contribution in [2.75, 3.05) is 0 Å². The summed E-state index contributed by atoms with van der Waals surface area (Å²) in [6.07, 6.45) is 24.3.